The number of benzene rings is 6. The average Bonchev–Trinajstić information content (AvgIpc) is 3.89. The van der Waals surface area contributed by atoms with Crippen molar-refractivity contribution in [3.05, 3.63) is 139 Å². The molecule has 206 valence electrons. The van der Waals surface area contributed by atoms with Gasteiger partial charge in [0.2, 0.25) is 0 Å². The van der Waals surface area contributed by atoms with Gasteiger partial charge in [-0.1, -0.05) is 96.7 Å². The third-order valence-electron chi connectivity index (χ3n) is 6.61. The molecule has 0 atom stereocenters. The van der Waals surface area contributed by atoms with Gasteiger partial charge in [-0.15, -0.1) is 11.3 Å². The average molecular weight is 604 g/mol. The summed E-state index contributed by atoms with van der Waals surface area (Å²) >= 11 is 0.731. The number of hydrogen-bond acceptors (Lipinski definition) is 5. The second kappa shape index (κ2) is 9.97. The molecule has 0 aliphatic heterocycles. The molecule has 0 aliphatic carbocycles. The molecule has 0 spiro atoms. The zero-order chi connectivity index (χ0) is 48.2. The van der Waals surface area contributed by atoms with Gasteiger partial charge in [0.05, 0.1) is 30.2 Å². The van der Waals surface area contributed by atoms with Crippen molar-refractivity contribution in [1.29, 1.82) is 0 Å². The number of rotatable bonds is 4. The van der Waals surface area contributed by atoms with Crippen LogP contribution < -0.4 is 0 Å². The lowest BCUT2D eigenvalue weighted by Crippen LogP contribution is -2.00. The molecule has 0 unspecified atom stereocenters. The van der Waals surface area contributed by atoms with E-state index < -0.39 is 173 Å². The van der Waals surface area contributed by atoms with Crippen LogP contribution >= 0.6 is 11.3 Å². The van der Waals surface area contributed by atoms with Crippen molar-refractivity contribution >= 4 is 53.4 Å². The Kier molecular flexibility index (Phi) is 2.60. The van der Waals surface area contributed by atoms with Gasteiger partial charge in [0.1, 0.15) is 11.2 Å². The molecule has 0 fully saturated rings. The topological polar surface area (TPSA) is 51.8 Å². The lowest BCUT2D eigenvalue weighted by Gasteiger charge is -2.09. The van der Waals surface area contributed by atoms with E-state index in [2.05, 4.69) is 15.0 Å². The normalized spacial score (nSPS) is 18.6. The van der Waals surface area contributed by atoms with Gasteiger partial charge in [0, 0.05) is 47.6 Å². The first-order chi connectivity index (χ1) is 30.9. The van der Waals surface area contributed by atoms with E-state index in [4.69, 9.17) is 33.2 Å². The van der Waals surface area contributed by atoms with Crippen LogP contribution in [0.5, 0.6) is 0 Å². The van der Waals surface area contributed by atoms with Crippen LogP contribution in [0.1, 0.15) is 30.2 Å². The Labute approximate surface area is 287 Å². The second-order valence-electron chi connectivity index (χ2n) is 9.17. The van der Waals surface area contributed by atoms with Gasteiger partial charge in [-0.2, -0.15) is 0 Å². The highest BCUT2D eigenvalue weighted by molar-refractivity contribution is 7.26. The summed E-state index contributed by atoms with van der Waals surface area (Å²) in [5.74, 6) is -1.74. The van der Waals surface area contributed by atoms with Crippen molar-refractivity contribution in [3.63, 3.8) is 0 Å². The van der Waals surface area contributed by atoms with E-state index in [0.29, 0.717) is 0 Å². The fourth-order valence-corrected chi connectivity index (χ4v) is 5.72. The third-order valence-corrected chi connectivity index (χ3v) is 7.73. The van der Waals surface area contributed by atoms with E-state index in [1.165, 1.54) is 0 Å². The maximum atomic E-state index is 9.29. The van der Waals surface area contributed by atoms with E-state index in [1.807, 2.05) is 0 Å². The van der Waals surface area contributed by atoms with Crippen molar-refractivity contribution in [3.8, 4) is 45.3 Å². The molecule has 9 rings (SSSR count). The summed E-state index contributed by atoms with van der Waals surface area (Å²) in [6.07, 6.45) is 0. The number of furan rings is 1. The van der Waals surface area contributed by atoms with Crippen LogP contribution in [0.25, 0.3) is 87.4 Å². The molecule has 3 heterocycles. The summed E-state index contributed by atoms with van der Waals surface area (Å²) in [4.78, 5) is 13.4. The number of aromatic nitrogens is 3. The van der Waals surface area contributed by atoms with E-state index in [9.17, 15) is 1.37 Å². The second-order valence-corrected chi connectivity index (χ2v) is 10.2. The Morgan fingerprint density at radius 3 is 1.93 bits per heavy atom. The third kappa shape index (κ3) is 4.09. The Morgan fingerprint density at radius 2 is 1.11 bits per heavy atom. The van der Waals surface area contributed by atoms with Crippen LogP contribution in [0.15, 0.2) is 143 Å². The predicted molar refractivity (Wildman–Crippen MR) is 182 cm³/mol. The summed E-state index contributed by atoms with van der Waals surface area (Å²) in [5.41, 5.74) is -3.22. The van der Waals surface area contributed by atoms with Gasteiger partial charge in [-0.25, -0.2) is 15.0 Å². The van der Waals surface area contributed by atoms with E-state index in [0.717, 1.165) is 17.4 Å². The van der Waals surface area contributed by atoms with Crippen LogP contribution in [0.3, 0.4) is 0 Å². The molecule has 6 aromatic carbocycles. The predicted octanol–water partition coefficient (Wildman–Crippen LogP) is 10.8. The van der Waals surface area contributed by atoms with Crippen molar-refractivity contribution < 1.29 is 34.6 Å². The minimum atomic E-state index is -0.795. The zero-order valence-corrected chi connectivity index (χ0v) is 22.6. The largest absolute Gasteiger partial charge is 0.456 e. The van der Waals surface area contributed by atoms with Crippen LogP contribution in [0.2, 0.25) is 0 Å². The summed E-state index contributed by atoms with van der Waals surface area (Å²) < 4.78 is 196. The smallest absolute Gasteiger partial charge is 0.165 e. The first-order valence-corrected chi connectivity index (χ1v) is 13.6. The van der Waals surface area contributed by atoms with Gasteiger partial charge < -0.3 is 4.42 Å². The fraction of sp³-hybridized carbons (Fsp3) is 0. The van der Waals surface area contributed by atoms with Crippen LogP contribution in [-0.4, -0.2) is 15.0 Å². The summed E-state index contributed by atoms with van der Waals surface area (Å²) in [5, 5.41) is -0.761. The quantitative estimate of drug-likeness (QED) is 0.201. The van der Waals surface area contributed by atoms with Gasteiger partial charge in [0.25, 0.3) is 0 Å². The first kappa shape index (κ1) is 11.5. The minimum absolute atomic E-state index is 0.0424. The van der Waals surface area contributed by atoms with Crippen LogP contribution in [0.4, 0.5) is 0 Å². The van der Waals surface area contributed by atoms with Gasteiger partial charge >= 0.3 is 0 Å². The fourth-order valence-electron chi connectivity index (χ4n) is 4.65. The first-order valence-electron chi connectivity index (χ1n) is 23.7. The lowest BCUT2D eigenvalue weighted by atomic mass is 10.0. The van der Waals surface area contributed by atoms with E-state index in [-0.39, 0.29) is 47.7 Å². The molecule has 44 heavy (non-hydrogen) atoms. The molecule has 0 saturated heterocycles. The van der Waals surface area contributed by atoms with Crippen molar-refractivity contribution in [2.24, 2.45) is 0 Å². The molecule has 0 aliphatic rings. The highest BCUT2D eigenvalue weighted by Gasteiger charge is 2.17. The standard InChI is InChI=1S/C39H23N3OS/c1-3-10-24(11-4-1)26-18-20-33-31(22-26)32-23-27(19-21-34(32)43-33)38-40-37(25-12-5-2-6-13-25)41-39(42-38)30-16-9-15-29-28-14-7-8-17-35(28)44-36(29)30/h1-23H/i1D,2D,3D,4D,5D,6D,7D,8D,9D,10D,11D,12D,13D,14D,15D,16D,17D,18D,19D,20D,21D,22D. The number of nitrogens with zero attached hydrogens (tertiary/aromatic N) is 3. The van der Waals surface area contributed by atoms with Crippen molar-refractivity contribution in [2.75, 3.05) is 0 Å². The zero-order valence-electron chi connectivity index (χ0n) is 43.7. The lowest BCUT2D eigenvalue weighted by molar-refractivity contribution is 0.669. The number of hydrogen-bond donors (Lipinski definition) is 0. The Hall–Kier alpha value is -5.65. The monoisotopic (exact) mass is 603 g/mol. The molecule has 0 radical (unpaired) electrons. The Balaban J connectivity index is 1.43. The van der Waals surface area contributed by atoms with Crippen molar-refractivity contribution in [2.45, 2.75) is 0 Å². The van der Waals surface area contributed by atoms with Crippen molar-refractivity contribution in [1.82, 2.24) is 15.0 Å². The summed E-state index contributed by atoms with van der Waals surface area (Å²) in [6, 6.07) is -14.3. The molecule has 0 amide bonds. The van der Waals surface area contributed by atoms with Gasteiger partial charge in [0.15, 0.2) is 17.5 Å². The maximum Gasteiger partial charge on any atom is 0.165 e. The molecule has 5 heteroatoms. The molecule has 3 aromatic heterocycles. The minimum Gasteiger partial charge on any atom is -0.456 e. The van der Waals surface area contributed by atoms with Gasteiger partial charge in [-0.05, 0) is 53.4 Å². The van der Waals surface area contributed by atoms with Gasteiger partial charge in [-0.3, -0.25) is 0 Å². The molecule has 0 N–H and O–H groups in total. The van der Waals surface area contributed by atoms with E-state index >= 15 is 0 Å². The SMILES string of the molecule is [2H]c1c([2H])c([2H])c(-c2nc(-c3cc4c(oc5c([2H])c([2H])c(-c6c([2H])c([2H])c([2H])c([2H])c6[2H])c([2H])c54)c([2H])c3[2H])nc(-c3c([2H])c([2H])c([2H])c4c3sc3c([2H])c([2H])c([2H])c([2H])c34)n2)c([2H])c1[2H]. The molecule has 4 nitrogen and oxygen atoms in total. The molecule has 0 saturated carbocycles. The Bertz CT molecular complexity index is 3700. The van der Waals surface area contributed by atoms with Crippen LogP contribution in [-0.2, 0) is 0 Å². The number of fused-ring (bicyclic) bond motifs is 6. The molecular formula is C39H23N3OS. The molecular weight excluding hydrogens is 559 g/mol. The molecule has 9 aromatic rings. The summed E-state index contributed by atoms with van der Waals surface area (Å²) in [7, 11) is 0. The number of thiophene rings is 1. The molecule has 0 bridgehead atoms. The van der Waals surface area contributed by atoms with Crippen LogP contribution in [0, 0.1) is 0 Å². The highest BCUT2D eigenvalue weighted by Crippen LogP contribution is 2.40. The Morgan fingerprint density at radius 1 is 0.477 bits per heavy atom. The highest BCUT2D eigenvalue weighted by atomic mass is 32.1. The summed E-state index contributed by atoms with van der Waals surface area (Å²) in [6.45, 7) is 0. The maximum absolute atomic E-state index is 9.29. The van der Waals surface area contributed by atoms with E-state index in [1.54, 1.807) is 0 Å².